The van der Waals surface area contributed by atoms with Crippen LogP contribution >= 0.6 is 0 Å². The number of aliphatic carboxylic acids is 1. The third kappa shape index (κ3) is 2.32. The Kier molecular flexibility index (Phi) is 3.71. The van der Waals surface area contributed by atoms with Crippen molar-refractivity contribution in [2.24, 2.45) is 17.8 Å². The minimum absolute atomic E-state index is 0.107. The third-order valence-corrected chi connectivity index (χ3v) is 5.37. The second-order valence-electron chi connectivity index (χ2n) is 6.46. The highest BCUT2D eigenvalue weighted by Crippen LogP contribution is 2.48. The Hall–Kier alpha value is -1.10. The van der Waals surface area contributed by atoms with Gasteiger partial charge in [-0.15, -0.1) is 0 Å². The van der Waals surface area contributed by atoms with Crippen LogP contribution in [0.25, 0.3) is 0 Å². The largest absolute Gasteiger partial charge is 0.481 e. The molecule has 112 valence electrons. The highest BCUT2D eigenvalue weighted by molar-refractivity contribution is 5.82. The van der Waals surface area contributed by atoms with Crippen molar-refractivity contribution in [3.63, 3.8) is 0 Å². The molecule has 2 N–H and O–H groups in total. The maximum absolute atomic E-state index is 12.3. The summed E-state index contributed by atoms with van der Waals surface area (Å²) in [5.74, 6) is -0.684. The van der Waals surface area contributed by atoms with Gasteiger partial charge in [0.15, 0.2) is 0 Å². The molecule has 6 atom stereocenters. The van der Waals surface area contributed by atoms with E-state index in [4.69, 9.17) is 4.74 Å². The number of carbonyl (C=O) groups excluding carboxylic acids is 1. The Morgan fingerprint density at radius 3 is 2.60 bits per heavy atom. The highest BCUT2D eigenvalue weighted by atomic mass is 16.5. The highest BCUT2D eigenvalue weighted by Gasteiger charge is 2.52. The van der Waals surface area contributed by atoms with E-state index in [1.54, 1.807) is 0 Å². The standard InChI is InChI=1S/C15H23NO4/c1-2-10-5-6-11(20-10)14(17)16-13-9-4-3-8(7-9)12(13)15(18)19/h8-13H,2-7H2,1H3,(H,16,17)(H,18,19)/t8-,9+,10+,11+,12+,13-/m0/s1. The molecule has 1 saturated heterocycles. The van der Waals surface area contributed by atoms with Crippen LogP contribution in [0, 0.1) is 17.8 Å². The quantitative estimate of drug-likeness (QED) is 0.820. The van der Waals surface area contributed by atoms with Crippen molar-refractivity contribution in [1.82, 2.24) is 5.32 Å². The lowest BCUT2D eigenvalue weighted by atomic mass is 9.84. The molecule has 3 fully saturated rings. The number of hydrogen-bond acceptors (Lipinski definition) is 3. The van der Waals surface area contributed by atoms with E-state index in [2.05, 4.69) is 12.2 Å². The average Bonchev–Trinajstić information content (AvgIpc) is 3.13. The Labute approximate surface area is 119 Å². The average molecular weight is 281 g/mol. The molecule has 0 unspecified atom stereocenters. The number of hydrogen-bond donors (Lipinski definition) is 2. The molecule has 2 aliphatic carbocycles. The lowest BCUT2D eigenvalue weighted by Crippen LogP contribution is -2.49. The summed E-state index contributed by atoms with van der Waals surface area (Å²) in [4.78, 5) is 23.7. The van der Waals surface area contributed by atoms with Gasteiger partial charge in [0.05, 0.1) is 12.0 Å². The van der Waals surface area contributed by atoms with Crippen molar-refractivity contribution in [3.05, 3.63) is 0 Å². The Morgan fingerprint density at radius 2 is 1.95 bits per heavy atom. The van der Waals surface area contributed by atoms with Crippen LogP contribution in [0.2, 0.25) is 0 Å². The van der Waals surface area contributed by atoms with Crippen LogP contribution in [0.4, 0.5) is 0 Å². The monoisotopic (exact) mass is 281 g/mol. The summed E-state index contributed by atoms with van der Waals surface area (Å²) < 4.78 is 5.70. The third-order valence-electron chi connectivity index (χ3n) is 5.37. The van der Waals surface area contributed by atoms with E-state index in [0.29, 0.717) is 5.92 Å². The minimum Gasteiger partial charge on any atom is -0.481 e. The van der Waals surface area contributed by atoms with E-state index >= 15 is 0 Å². The molecule has 2 saturated carbocycles. The van der Waals surface area contributed by atoms with Gasteiger partial charge >= 0.3 is 5.97 Å². The molecule has 5 nitrogen and oxygen atoms in total. The maximum Gasteiger partial charge on any atom is 0.308 e. The molecule has 5 heteroatoms. The van der Waals surface area contributed by atoms with E-state index in [9.17, 15) is 14.7 Å². The summed E-state index contributed by atoms with van der Waals surface area (Å²) in [7, 11) is 0. The summed E-state index contributed by atoms with van der Waals surface area (Å²) >= 11 is 0. The molecule has 0 aromatic rings. The topological polar surface area (TPSA) is 75.6 Å². The molecule has 3 rings (SSSR count). The van der Waals surface area contributed by atoms with Crippen LogP contribution in [0.15, 0.2) is 0 Å². The minimum atomic E-state index is -0.763. The van der Waals surface area contributed by atoms with Gasteiger partial charge in [-0.2, -0.15) is 0 Å². The molecule has 1 heterocycles. The van der Waals surface area contributed by atoms with E-state index in [1.807, 2.05) is 0 Å². The van der Waals surface area contributed by atoms with Crippen molar-refractivity contribution >= 4 is 11.9 Å². The van der Waals surface area contributed by atoms with Crippen molar-refractivity contribution in [1.29, 1.82) is 0 Å². The number of carboxylic acid groups (broad SMARTS) is 1. The zero-order chi connectivity index (χ0) is 14.3. The second kappa shape index (κ2) is 5.35. The lowest BCUT2D eigenvalue weighted by Gasteiger charge is -2.29. The normalized spacial score (nSPS) is 42.9. The van der Waals surface area contributed by atoms with Crippen LogP contribution in [-0.4, -0.2) is 35.2 Å². The first-order chi connectivity index (χ1) is 9.60. The van der Waals surface area contributed by atoms with Crippen LogP contribution in [0.1, 0.15) is 45.4 Å². The molecule has 2 bridgehead atoms. The van der Waals surface area contributed by atoms with Crippen LogP contribution in [-0.2, 0) is 14.3 Å². The number of ether oxygens (including phenoxy) is 1. The Morgan fingerprint density at radius 1 is 1.20 bits per heavy atom. The van der Waals surface area contributed by atoms with Crippen molar-refractivity contribution in [2.75, 3.05) is 0 Å². The zero-order valence-electron chi connectivity index (χ0n) is 11.9. The predicted octanol–water partition coefficient (Wildman–Crippen LogP) is 1.56. The number of carboxylic acids is 1. The fourth-order valence-electron chi connectivity index (χ4n) is 4.31. The van der Waals surface area contributed by atoms with Gasteiger partial charge in [-0.1, -0.05) is 6.92 Å². The fraction of sp³-hybridized carbons (Fsp3) is 0.867. The summed E-state index contributed by atoms with van der Waals surface area (Å²) in [6.07, 6.45) is 5.39. The molecule has 0 aromatic heterocycles. The number of nitrogens with one attached hydrogen (secondary N) is 1. The van der Waals surface area contributed by atoms with Gasteiger partial charge in [0.1, 0.15) is 6.10 Å². The lowest BCUT2D eigenvalue weighted by molar-refractivity contribution is -0.145. The number of carbonyl (C=O) groups is 2. The molecule has 0 radical (unpaired) electrons. The van der Waals surface area contributed by atoms with E-state index in [0.717, 1.165) is 38.5 Å². The molecular formula is C15H23NO4. The first kappa shape index (κ1) is 13.9. The smallest absolute Gasteiger partial charge is 0.308 e. The molecule has 0 aromatic carbocycles. The SMILES string of the molecule is CC[C@@H]1CC[C@H](C(=O)N[C@H]2[C@@H]3CC[C@@H](C3)[C@H]2C(=O)O)O1. The molecule has 3 aliphatic rings. The fourth-order valence-corrected chi connectivity index (χ4v) is 4.31. The number of amides is 1. The molecule has 0 spiro atoms. The Bertz CT molecular complexity index is 411. The van der Waals surface area contributed by atoms with Crippen LogP contribution < -0.4 is 5.32 Å². The van der Waals surface area contributed by atoms with E-state index in [-0.39, 0.29) is 30.1 Å². The van der Waals surface area contributed by atoms with Gasteiger partial charge in [0.25, 0.3) is 0 Å². The molecule has 1 aliphatic heterocycles. The molecular weight excluding hydrogens is 258 g/mol. The first-order valence-corrected chi connectivity index (χ1v) is 7.78. The van der Waals surface area contributed by atoms with E-state index < -0.39 is 11.9 Å². The summed E-state index contributed by atoms with van der Waals surface area (Å²) in [5, 5.41) is 12.4. The second-order valence-corrected chi connectivity index (χ2v) is 6.46. The Balaban J connectivity index is 1.62. The molecule has 20 heavy (non-hydrogen) atoms. The zero-order valence-corrected chi connectivity index (χ0v) is 11.9. The van der Waals surface area contributed by atoms with Crippen LogP contribution in [0.3, 0.4) is 0 Å². The summed E-state index contributed by atoms with van der Waals surface area (Å²) in [5.41, 5.74) is 0. The predicted molar refractivity (Wildman–Crippen MR) is 72.1 cm³/mol. The molecule has 1 amide bonds. The van der Waals surface area contributed by atoms with Gasteiger partial charge in [0, 0.05) is 6.04 Å². The van der Waals surface area contributed by atoms with Crippen molar-refractivity contribution in [2.45, 2.75) is 63.7 Å². The first-order valence-electron chi connectivity index (χ1n) is 7.78. The van der Waals surface area contributed by atoms with Gasteiger partial charge in [0.2, 0.25) is 5.91 Å². The van der Waals surface area contributed by atoms with Gasteiger partial charge in [-0.3, -0.25) is 9.59 Å². The number of fused-ring (bicyclic) bond motifs is 2. The summed E-state index contributed by atoms with van der Waals surface area (Å²) in [6, 6.07) is -0.192. The van der Waals surface area contributed by atoms with E-state index in [1.165, 1.54) is 0 Å². The maximum atomic E-state index is 12.3. The van der Waals surface area contributed by atoms with Gasteiger partial charge < -0.3 is 15.2 Å². The number of rotatable bonds is 4. The van der Waals surface area contributed by atoms with Gasteiger partial charge in [-0.05, 0) is 50.4 Å². The van der Waals surface area contributed by atoms with Gasteiger partial charge in [-0.25, -0.2) is 0 Å². The summed E-state index contributed by atoms with van der Waals surface area (Å²) in [6.45, 7) is 2.06. The van der Waals surface area contributed by atoms with Crippen molar-refractivity contribution < 1.29 is 19.4 Å². The van der Waals surface area contributed by atoms with Crippen LogP contribution in [0.5, 0.6) is 0 Å². The van der Waals surface area contributed by atoms with Crippen molar-refractivity contribution in [3.8, 4) is 0 Å².